The fraction of sp³-hybridized carbons (Fsp3) is 0. The second-order valence-corrected chi connectivity index (χ2v) is 3.10. The lowest BCUT2D eigenvalue weighted by Crippen LogP contribution is -1.85. The van der Waals surface area contributed by atoms with E-state index in [-0.39, 0.29) is 0 Å². The van der Waals surface area contributed by atoms with Gasteiger partial charge in [0, 0.05) is 17.3 Å². The van der Waals surface area contributed by atoms with Crippen LogP contribution in [0.15, 0.2) is 41.6 Å². The number of nitroso groups, excluding NO2 is 1. The minimum absolute atomic E-state index is 0.717. The first-order chi connectivity index (χ1) is 8.11. The van der Waals surface area contributed by atoms with Gasteiger partial charge in [0.15, 0.2) is 0 Å². The van der Waals surface area contributed by atoms with Crippen molar-refractivity contribution in [2.75, 3.05) is 0 Å². The molecule has 0 saturated carbocycles. The normalized spacial score (nSPS) is 10.8. The number of carboxylic acid groups (broad SMARTS) is 1. The Morgan fingerprint density at radius 3 is 1.88 bits per heavy atom. The largest absolute Gasteiger partial charge is 0.478 e. The zero-order valence-electron chi connectivity index (χ0n) is 8.74. The standard InChI is InChI=1S/C12H9NO4/c14-11(13-17)7-5-9-1-3-10(4-2-9)6-8-12(15)16/h1-8H,(H,15,16)/b7-5-,8-6-. The molecule has 17 heavy (non-hydrogen) atoms. The summed E-state index contributed by atoms with van der Waals surface area (Å²) in [5.41, 5.74) is 1.44. The van der Waals surface area contributed by atoms with Gasteiger partial charge in [-0.3, -0.25) is 4.79 Å². The predicted octanol–water partition coefficient (Wildman–Crippen LogP) is 2.09. The average Bonchev–Trinajstić information content (AvgIpc) is 2.34. The lowest BCUT2D eigenvalue weighted by atomic mass is 10.1. The smallest absolute Gasteiger partial charge is 0.328 e. The molecule has 1 N–H and O–H groups in total. The molecule has 0 spiro atoms. The van der Waals surface area contributed by atoms with Crippen LogP contribution in [0.25, 0.3) is 12.2 Å². The van der Waals surface area contributed by atoms with E-state index in [4.69, 9.17) is 5.11 Å². The number of carboxylic acids is 1. The highest BCUT2D eigenvalue weighted by atomic mass is 16.4. The van der Waals surface area contributed by atoms with Crippen molar-refractivity contribution in [3.63, 3.8) is 0 Å². The third-order valence-electron chi connectivity index (χ3n) is 1.86. The molecule has 0 heterocycles. The van der Waals surface area contributed by atoms with Gasteiger partial charge >= 0.3 is 11.9 Å². The second kappa shape index (κ2) is 6.12. The number of aliphatic carboxylic acids is 1. The summed E-state index contributed by atoms with van der Waals surface area (Å²) in [6.45, 7) is 0. The summed E-state index contributed by atoms with van der Waals surface area (Å²) in [6, 6.07) is 6.77. The van der Waals surface area contributed by atoms with Crippen molar-refractivity contribution in [1.29, 1.82) is 0 Å². The summed E-state index contributed by atoms with van der Waals surface area (Å²) >= 11 is 0. The van der Waals surface area contributed by atoms with Crippen LogP contribution in [0.2, 0.25) is 0 Å². The number of carbonyl (C=O) groups excluding carboxylic acids is 1. The van der Waals surface area contributed by atoms with Gasteiger partial charge < -0.3 is 5.11 Å². The lowest BCUT2D eigenvalue weighted by molar-refractivity contribution is -0.131. The monoisotopic (exact) mass is 231 g/mol. The van der Waals surface area contributed by atoms with E-state index < -0.39 is 11.9 Å². The summed E-state index contributed by atoms with van der Waals surface area (Å²) in [4.78, 5) is 30.7. The first kappa shape index (κ1) is 12.5. The van der Waals surface area contributed by atoms with Gasteiger partial charge in [-0.25, -0.2) is 4.79 Å². The summed E-state index contributed by atoms with van der Waals surface area (Å²) in [6.07, 6.45) is 5.00. The summed E-state index contributed by atoms with van der Waals surface area (Å²) in [7, 11) is 0. The Bertz CT molecular complexity index is 486. The van der Waals surface area contributed by atoms with Gasteiger partial charge in [0.25, 0.3) is 0 Å². The molecule has 86 valence electrons. The third-order valence-corrected chi connectivity index (χ3v) is 1.86. The molecule has 5 heteroatoms. The second-order valence-electron chi connectivity index (χ2n) is 3.10. The van der Waals surface area contributed by atoms with Crippen molar-refractivity contribution >= 4 is 24.0 Å². The Labute approximate surface area is 97.1 Å². The molecule has 0 aliphatic rings. The molecular formula is C12H9NO4. The van der Waals surface area contributed by atoms with Crippen molar-refractivity contribution in [2.24, 2.45) is 5.18 Å². The lowest BCUT2D eigenvalue weighted by Gasteiger charge is -1.94. The van der Waals surface area contributed by atoms with E-state index >= 15 is 0 Å². The maximum atomic E-state index is 10.6. The number of rotatable bonds is 4. The van der Waals surface area contributed by atoms with Crippen LogP contribution >= 0.6 is 0 Å². The van der Waals surface area contributed by atoms with Gasteiger partial charge in [-0.05, 0) is 23.3 Å². The van der Waals surface area contributed by atoms with Crippen LogP contribution in [0.5, 0.6) is 0 Å². The van der Waals surface area contributed by atoms with E-state index in [0.29, 0.717) is 0 Å². The molecule has 0 saturated heterocycles. The Hall–Kier alpha value is -2.56. The fourth-order valence-electron chi connectivity index (χ4n) is 1.08. The highest BCUT2D eigenvalue weighted by Crippen LogP contribution is 2.07. The van der Waals surface area contributed by atoms with Crippen molar-refractivity contribution < 1.29 is 14.7 Å². The molecular weight excluding hydrogens is 222 g/mol. The Morgan fingerprint density at radius 1 is 1.00 bits per heavy atom. The minimum atomic E-state index is -1.02. The predicted molar refractivity (Wildman–Crippen MR) is 62.9 cm³/mol. The van der Waals surface area contributed by atoms with E-state index in [2.05, 4.69) is 5.18 Å². The minimum Gasteiger partial charge on any atom is -0.478 e. The van der Waals surface area contributed by atoms with Crippen molar-refractivity contribution in [1.82, 2.24) is 0 Å². The van der Waals surface area contributed by atoms with Crippen LogP contribution in [0.4, 0.5) is 0 Å². The molecule has 0 unspecified atom stereocenters. The first-order valence-corrected chi connectivity index (χ1v) is 4.68. The molecule has 0 aliphatic heterocycles. The number of amides is 1. The number of hydrogen-bond acceptors (Lipinski definition) is 3. The van der Waals surface area contributed by atoms with E-state index in [1.807, 2.05) is 0 Å². The molecule has 0 fully saturated rings. The summed E-state index contributed by atoms with van der Waals surface area (Å²) in [5, 5.41) is 10.6. The van der Waals surface area contributed by atoms with Gasteiger partial charge in [0.05, 0.1) is 0 Å². The van der Waals surface area contributed by atoms with Crippen LogP contribution in [0.3, 0.4) is 0 Å². The fourth-order valence-corrected chi connectivity index (χ4v) is 1.08. The van der Waals surface area contributed by atoms with Crippen LogP contribution in [-0.4, -0.2) is 17.0 Å². The molecule has 1 aromatic rings. The SMILES string of the molecule is O=NC(=O)/C=C\c1ccc(/C=C\C(=O)O)cc1. The summed E-state index contributed by atoms with van der Waals surface area (Å²) < 4.78 is 0. The molecule has 1 aromatic carbocycles. The van der Waals surface area contributed by atoms with E-state index in [0.717, 1.165) is 23.3 Å². The highest BCUT2D eigenvalue weighted by molar-refractivity contribution is 5.92. The van der Waals surface area contributed by atoms with Gasteiger partial charge in [-0.1, -0.05) is 24.3 Å². The molecule has 0 atom stereocenters. The van der Waals surface area contributed by atoms with Gasteiger partial charge in [-0.15, -0.1) is 4.91 Å². The maximum Gasteiger partial charge on any atom is 0.328 e. The Balaban J connectivity index is 2.74. The molecule has 0 aliphatic carbocycles. The zero-order valence-corrected chi connectivity index (χ0v) is 8.74. The molecule has 1 amide bonds. The van der Waals surface area contributed by atoms with E-state index in [1.54, 1.807) is 24.3 Å². The number of benzene rings is 1. The van der Waals surface area contributed by atoms with E-state index in [9.17, 15) is 14.5 Å². The molecule has 0 bridgehead atoms. The van der Waals surface area contributed by atoms with Crippen LogP contribution in [0.1, 0.15) is 11.1 Å². The van der Waals surface area contributed by atoms with E-state index in [1.165, 1.54) is 12.2 Å². The topological polar surface area (TPSA) is 83.8 Å². The van der Waals surface area contributed by atoms with Crippen molar-refractivity contribution in [3.05, 3.63) is 52.5 Å². The van der Waals surface area contributed by atoms with Crippen LogP contribution < -0.4 is 0 Å². The molecule has 5 nitrogen and oxygen atoms in total. The molecule has 1 rings (SSSR count). The van der Waals surface area contributed by atoms with Gasteiger partial charge in [0.1, 0.15) is 0 Å². The quantitative estimate of drug-likeness (QED) is 0.635. The third kappa shape index (κ3) is 4.65. The number of carbonyl (C=O) groups is 2. The van der Waals surface area contributed by atoms with Crippen LogP contribution in [0, 0.1) is 4.91 Å². The van der Waals surface area contributed by atoms with Crippen molar-refractivity contribution in [2.45, 2.75) is 0 Å². The number of hydrogen-bond donors (Lipinski definition) is 1. The van der Waals surface area contributed by atoms with Gasteiger partial charge in [0.2, 0.25) is 0 Å². The molecule has 0 radical (unpaired) electrons. The van der Waals surface area contributed by atoms with Gasteiger partial charge in [-0.2, -0.15) is 0 Å². The highest BCUT2D eigenvalue weighted by Gasteiger charge is 1.93. The Kier molecular flexibility index (Phi) is 4.50. The zero-order chi connectivity index (χ0) is 12.7. The first-order valence-electron chi connectivity index (χ1n) is 4.68. The van der Waals surface area contributed by atoms with Crippen LogP contribution in [-0.2, 0) is 9.59 Å². The number of nitrogens with zero attached hydrogens (tertiary/aromatic N) is 1. The maximum absolute atomic E-state index is 10.6. The summed E-state index contributed by atoms with van der Waals surface area (Å²) in [5.74, 6) is -1.86. The van der Waals surface area contributed by atoms with Crippen molar-refractivity contribution in [3.8, 4) is 0 Å². The Morgan fingerprint density at radius 2 is 1.47 bits per heavy atom. The molecule has 0 aromatic heterocycles. The average molecular weight is 231 g/mol.